The molecule has 0 saturated carbocycles. The maximum Gasteiger partial charge on any atom is 0.0393 e. The van der Waals surface area contributed by atoms with E-state index in [1.165, 1.54) is 33.5 Å². The molecule has 2 heteroatoms. The van der Waals surface area contributed by atoms with Crippen LogP contribution in [0.1, 0.15) is 65.0 Å². The highest BCUT2D eigenvalue weighted by Gasteiger charge is 2.27. The molecular weight excluding hydrogens is 292 g/mol. The van der Waals surface area contributed by atoms with Gasteiger partial charge in [-0.2, -0.15) is 0 Å². The minimum Gasteiger partial charge on any atom is -0.378 e. The van der Waals surface area contributed by atoms with Crippen LogP contribution in [0.5, 0.6) is 0 Å². The fourth-order valence-electron chi connectivity index (χ4n) is 3.58. The average molecular weight is 325 g/mol. The molecule has 0 aromatic heterocycles. The molecule has 0 spiro atoms. The van der Waals surface area contributed by atoms with E-state index in [0.717, 1.165) is 30.5 Å². The van der Waals surface area contributed by atoms with Crippen LogP contribution in [-0.4, -0.2) is 19.8 Å². The molecule has 1 aromatic carbocycles. The van der Waals surface area contributed by atoms with Gasteiger partial charge in [0.15, 0.2) is 0 Å². The van der Waals surface area contributed by atoms with Crippen LogP contribution in [0.4, 0.5) is 5.69 Å². The summed E-state index contributed by atoms with van der Waals surface area (Å²) in [6.45, 7) is 11.2. The summed E-state index contributed by atoms with van der Waals surface area (Å²) < 4.78 is 0. The SMILES string of the molecule is CCCCC(=N)c1cc(N(C)C)ccc1C1=C(C)C(C)=C(C)C1C. The van der Waals surface area contributed by atoms with Crippen LogP contribution in [0.15, 0.2) is 34.9 Å². The molecule has 0 bridgehead atoms. The van der Waals surface area contributed by atoms with Crippen molar-refractivity contribution in [2.75, 3.05) is 19.0 Å². The van der Waals surface area contributed by atoms with E-state index in [9.17, 15) is 0 Å². The van der Waals surface area contributed by atoms with Crippen molar-refractivity contribution >= 4 is 17.0 Å². The average Bonchev–Trinajstić information content (AvgIpc) is 2.75. The Morgan fingerprint density at radius 3 is 2.29 bits per heavy atom. The van der Waals surface area contributed by atoms with E-state index >= 15 is 0 Å². The third-order valence-electron chi connectivity index (χ3n) is 5.56. The van der Waals surface area contributed by atoms with E-state index in [0.29, 0.717) is 5.92 Å². The molecule has 1 aliphatic rings. The van der Waals surface area contributed by atoms with E-state index in [4.69, 9.17) is 5.41 Å². The molecule has 1 aliphatic carbocycles. The molecule has 130 valence electrons. The van der Waals surface area contributed by atoms with Gasteiger partial charge in [0, 0.05) is 37.0 Å². The first-order chi connectivity index (χ1) is 11.3. The quantitative estimate of drug-likeness (QED) is 0.632. The van der Waals surface area contributed by atoms with Crippen molar-refractivity contribution in [3.63, 3.8) is 0 Å². The number of hydrogen-bond acceptors (Lipinski definition) is 2. The summed E-state index contributed by atoms with van der Waals surface area (Å²) in [6.07, 6.45) is 3.06. The Morgan fingerprint density at radius 1 is 1.12 bits per heavy atom. The second kappa shape index (κ2) is 7.38. The lowest BCUT2D eigenvalue weighted by molar-refractivity contribution is 0.832. The van der Waals surface area contributed by atoms with Gasteiger partial charge in [0.05, 0.1) is 0 Å². The maximum atomic E-state index is 8.65. The molecule has 2 nitrogen and oxygen atoms in total. The summed E-state index contributed by atoms with van der Waals surface area (Å²) in [5.41, 5.74) is 9.98. The molecule has 0 fully saturated rings. The number of nitrogens with one attached hydrogen (secondary N) is 1. The fraction of sp³-hybridized carbons (Fsp3) is 0.500. The van der Waals surface area contributed by atoms with E-state index in [1.54, 1.807) is 0 Å². The fourth-order valence-corrected chi connectivity index (χ4v) is 3.58. The molecule has 1 atom stereocenters. The van der Waals surface area contributed by atoms with Gasteiger partial charge >= 0.3 is 0 Å². The molecule has 1 N–H and O–H groups in total. The van der Waals surface area contributed by atoms with Gasteiger partial charge in [0.2, 0.25) is 0 Å². The van der Waals surface area contributed by atoms with Crippen molar-refractivity contribution in [3.8, 4) is 0 Å². The van der Waals surface area contributed by atoms with Gasteiger partial charge in [-0.15, -0.1) is 0 Å². The normalized spacial score (nSPS) is 17.7. The summed E-state index contributed by atoms with van der Waals surface area (Å²) in [5, 5.41) is 8.65. The van der Waals surface area contributed by atoms with Gasteiger partial charge in [-0.25, -0.2) is 0 Å². The van der Waals surface area contributed by atoms with Gasteiger partial charge in [0.25, 0.3) is 0 Å². The van der Waals surface area contributed by atoms with Crippen molar-refractivity contribution in [2.24, 2.45) is 5.92 Å². The van der Waals surface area contributed by atoms with Gasteiger partial charge in [-0.05, 0) is 68.0 Å². The Balaban J connectivity index is 2.56. The Bertz CT molecular complexity index is 705. The minimum absolute atomic E-state index is 0.438. The third-order valence-corrected chi connectivity index (χ3v) is 5.56. The number of nitrogens with zero attached hydrogens (tertiary/aromatic N) is 1. The van der Waals surface area contributed by atoms with Crippen molar-refractivity contribution in [1.82, 2.24) is 0 Å². The second-order valence-corrected chi connectivity index (χ2v) is 7.27. The van der Waals surface area contributed by atoms with Crippen LogP contribution >= 0.6 is 0 Å². The topological polar surface area (TPSA) is 27.1 Å². The number of allylic oxidation sites excluding steroid dienone is 4. The van der Waals surface area contributed by atoms with Gasteiger partial charge in [-0.3, -0.25) is 0 Å². The standard InChI is InChI=1S/C22H32N2/c1-8-9-10-21(23)20-13-18(24(6)7)11-12-19(20)22-16(4)14(2)15(3)17(22)5/h11-13,16,23H,8-10H2,1-7H3. The van der Waals surface area contributed by atoms with E-state index in [2.05, 4.69) is 71.8 Å². The largest absolute Gasteiger partial charge is 0.378 e. The van der Waals surface area contributed by atoms with Gasteiger partial charge < -0.3 is 10.3 Å². The number of hydrogen-bond donors (Lipinski definition) is 1. The summed E-state index contributed by atoms with van der Waals surface area (Å²) in [4.78, 5) is 2.12. The first-order valence-corrected chi connectivity index (χ1v) is 9.07. The van der Waals surface area contributed by atoms with Crippen LogP contribution in [0.3, 0.4) is 0 Å². The van der Waals surface area contributed by atoms with Crippen molar-refractivity contribution in [3.05, 3.63) is 46.0 Å². The summed E-state index contributed by atoms with van der Waals surface area (Å²) >= 11 is 0. The second-order valence-electron chi connectivity index (χ2n) is 7.27. The summed E-state index contributed by atoms with van der Waals surface area (Å²) in [5.74, 6) is 0.438. The van der Waals surface area contributed by atoms with E-state index in [1.807, 2.05) is 0 Å². The van der Waals surface area contributed by atoms with E-state index < -0.39 is 0 Å². The van der Waals surface area contributed by atoms with Crippen molar-refractivity contribution < 1.29 is 0 Å². The number of anilines is 1. The van der Waals surface area contributed by atoms with Gasteiger partial charge in [-0.1, -0.05) is 31.9 Å². The zero-order chi connectivity index (χ0) is 18.0. The highest BCUT2D eigenvalue weighted by molar-refractivity contribution is 6.04. The maximum absolute atomic E-state index is 8.65. The zero-order valence-corrected chi connectivity index (χ0v) is 16.4. The third kappa shape index (κ3) is 3.33. The van der Waals surface area contributed by atoms with Crippen LogP contribution in [-0.2, 0) is 0 Å². The summed E-state index contributed by atoms with van der Waals surface area (Å²) in [6, 6.07) is 6.61. The molecule has 0 heterocycles. The monoisotopic (exact) mass is 324 g/mol. The lowest BCUT2D eigenvalue weighted by atomic mass is 9.86. The Morgan fingerprint density at radius 2 is 1.79 bits per heavy atom. The lowest BCUT2D eigenvalue weighted by Gasteiger charge is -2.21. The molecule has 0 radical (unpaired) electrons. The zero-order valence-electron chi connectivity index (χ0n) is 16.4. The smallest absolute Gasteiger partial charge is 0.0393 e. The molecule has 0 amide bonds. The molecule has 0 aliphatic heterocycles. The van der Waals surface area contributed by atoms with Crippen LogP contribution < -0.4 is 4.90 Å². The highest BCUT2D eigenvalue weighted by atomic mass is 15.1. The first-order valence-electron chi connectivity index (χ1n) is 9.07. The van der Waals surface area contributed by atoms with Crippen molar-refractivity contribution in [1.29, 1.82) is 5.41 Å². The van der Waals surface area contributed by atoms with E-state index in [-0.39, 0.29) is 0 Å². The highest BCUT2D eigenvalue weighted by Crippen LogP contribution is 2.43. The predicted molar refractivity (Wildman–Crippen MR) is 107 cm³/mol. The Hall–Kier alpha value is -1.83. The molecule has 24 heavy (non-hydrogen) atoms. The molecule has 1 unspecified atom stereocenters. The first kappa shape index (κ1) is 18.5. The van der Waals surface area contributed by atoms with Crippen LogP contribution in [0, 0.1) is 11.3 Å². The lowest BCUT2D eigenvalue weighted by Crippen LogP contribution is -2.12. The predicted octanol–water partition coefficient (Wildman–Crippen LogP) is 6.07. The number of unbranched alkanes of at least 4 members (excludes halogenated alkanes) is 1. The molecule has 1 aromatic rings. The van der Waals surface area contributed by atoms with Crippen molar-refractivity contribution in [2.45, 2.75) is 53.9 Å². The number of rotatable bonds is 6. The van der Waals surface area contributed by atoms with Crippen LogP contribution in [0.2, 0.25) is 0 Å². The summed E-state index contributed by atoms with van der Waals surface area (Å²) in [7, 11) is 4.13. The minimum atomic E-state index is 0.438. The number of benzene rings is 1. The molecule has 2 rings (SSSR count). The molecular formula is C22H32N2. The Labute approximate surface area is 147 Å². The van der Waals surface area contributed by atoms with Gasteiger partial charge in [0.1, 0.15) is 0 Å². The Kier molecular flexibility index (Phi) is 5.69. The molecule has 0 saturated heterocycles. The van der Waals surface area contributed by atoms with Crippen LogP contribution in [0.25, 0.3) is 5.57 Å².